The minimum atomic E-state index is -3.66. The minimum Gasteiger partial charge on any atom is -0.480 e. The number of carbonyl (C=O) groups is 1. The van der Waals surface area contributed by atoms with E-state index in [4.69, 9.17) is 9.84 Å². The first-order chi connectivity index (χ1) is 9.00. The fourth-order valence-electron chi connectivity index (χ4n) is 1.98. The van der Waals surface area contributed by atoms with Crippen LogP contribution in [0, 0.1) is 0 Å². The third kappa shape index (κ3) is 3.31. The highest BCUT2D eigenvalue weighted by molar-refractivity contribution is 7.88. The molecule has 7 heteroatoms. The number of rotatable bonds is 4. The molecule has 1 unspecified atom stereocenters. The highest BCUT2D eigenvalue weighted by Gasteiger charge is 2.37. The molecule has 0 aromatic heterocycles. The Morgan fingerprint density at radius 1 is 1.37 bits per heavy atom. The molecule has 0 saturated carbocycles. The van der Waals surface area contributed by atoms with Gasteiger partial charge in [-0.25, -0.2) is 8.42 Å². The fourth-order valence-corrected chi connectivity index (χ4v) is 3.65. The standard InChI is InChI=1S/C12H15NO5S/c14-12(15)11-8-18-7-6-13(11)19(16,17)9-10-4-2-1-3-5-10/h1-5,11H,6-9H2,(H,14,15). The zero-order valence-corrected chi connectivity index (χ0v) is 11.0. The van der Waals surface area contributed by atoms with E-state index >= 15 is 0 Å². The van der Waals surface area contributed by atoms with Gasteiger partial charge in [0.25, 0.3) is 0 Å². The number of nitrogens with zero attached hydrogens (tertiary/aromatic N) is 1. The van der Waals surface area contributed by atoms with Gasteiger partial charge in [-0.2, -0.15) is 4.31 Å². The highest BCUT2D eigenvalue weighted by Crippen LogP contribution is 2.17. The zero-order chi connectivity index (χ0) is 13.9. The Bertz CT molecular complexity index is 542. The lowest BCUT2D eigenvalue weighted by Crippen LogP contribution is -2.52. The van der Waals surface area contributed by atoms with E-state index in [2.05, 4.69) is 0 Å². The summed E-state index contributed by atoms with van der Waals surface area (Å²) in [5.41, 5.74) is 0.637. The maximum atomic E-state index is 12.3. The predicted octanol–water partition coefficient (Wildman–Crippen LogP) is 0.302. The number of aliphatic carboxylic acids is 1. The summed E-state index contributed by atoms with van der Waals surface area (Å²) in [6, 6.07) is 7.56. The first-order valence-electron chi connectivity index (χ1n) is 5.85. The summed E-state index contributed by atoms with van der Waals surface area (Å²) in [7, 11) is -3.66. The third-order valence-corrected chi connectivity index (χ3v) is 4.76. The van der Waals surface area contributed by atoms with Crippen LogP contribution in [-0.4, -0.2) is 49.6 Å². The quantitative estimate of drug-likeness (QED) is 0.860. The van der Waals surface area contributed by atoms with Crippen LogP contribution >= 0.6 is 0 Å². The van der Waals surface area contributed by atoms with Crippen molar-refractivity contribution in [3.63, 3.8) is 0 Å². The van der Waals surface area contributed by atoms with Crippen LogP contribution in [0.2, 0.25) is 0 Å². The van der Waals surface area contributed by atoms with E-state index in [1.54, 1.807) is 30.3 Å². The summed E-state index contributed by atoms with van der Waals surface area (Å²) < 4.78 is 30.6. The molecule has 0 bridgehead atoms. The summed E-state index contributed by atoms with van der Waals surface area (Å²) >= 11 is 0. The normalized spacial score (nSPS) is 21.2. The fraction of sp³-hybridized carbons (Fsp3) is 0.417. The van der Waals surface area contributed by atoms with E-state index in [0.717, 1.165) is 4.31 Å². The van der Waals surface area contributed by atoms with Gasteiger partial charge in [0.05, 0.1) is 19.0 Å². The highest BCUT2D eigenvalue weighted by atomic mass is 32.2. The van der Waals surface area contributed by atoms with E-state index in [1.807, 2.05) is 0 Å². The summed E-state index contributed by atoms with van der Waals surface area (Å²) in [6.07, 6.45) is 0. The van der Waals surface area contributed by atoms with Gasteiger partial charge in [0, 0.05) is 6.54 Å². The number of hydrogen-bond acceptors (Lipinski definition) is 4. The van der Waals surface area contributed by atoms with E-state index in [0.29, 0.717) is 5.56 Å². The van der Waals surface area contributed by atoms with Gasteiger partial charge in [0.15, 0.2) is 0 Å². The van der Waals surface area contributed by atoms with Gasteiger partial charge in [-0.1, -0.05) is 30.3 Å². The number of ether oxygens (including phenoxy) is 1. The van der Waals surface area contributed by atoms with Crippen LogP contribution in [0.25, 0.3) is 0 Å². The van der Waals surface area contributed by atoms with Gasteiger partial charge in [0.1, 0.15) is 6.04 Å². The molecule has 1 N–H and O–H groups in total. The van der Waals surface area contributed by atoms with Crippen molar-refractivity contribution in [3.05, 3.63) is 35.9 Å². The second kappa shape index (κ2) is 5.68. The van der Waals surface area contributed by atoms with Gasteiger partial charge in [0.2, 0.25) is 10.0 Å². The lowest BCUT2D eigenvalue weighted by molar-refractivity contribution is -0.146. The van der Waals surface area contributed by atoms with Gasteiger partial charge >= 0.3 is 5.97 Å². The molecule has 104 valence electrons. The molecule has 2 rings (SSSR count). The van der Waals surface area contributed by atoms with Crippen LogP contribution in [0.15, 0.2) is 30.3 Å². The number of sulfonamides is 1. The lowest BCUT2D eigenvalue weighted by Gasteiger charge is -2.31. The van der Waals surface area contributed by atoms with Crippen LogP contribution < -0.4 is 0 Å². The summed E-state index contributed by atoms with van der Waals surface area (Å²) in [6.45, 7) is 0.188. The van der Waals surface area contributed by atoms with Crippen molar-refractivity contribution < 1.29 is 23.1 Å². The molecule has 1 aromatic rings. The Hall–Kier alpha value is -1.44. The molecule has 1 heterocycles. The predicted molar refractivity (Wildman–Crippen MR) is 68.0 cm³/mol. The number of morpholine rings is 1. The van der Waals surface area contributed by atoms with Crippen molar-refractivity contribution in [2.45, 2.75) is 11.8 Å². The smallest absolute Gasteiger partial charge is 0.324 e. The Morgan fingerprint density at radius 2 is 2.05 bits per heavy atom. The van der Waals surface area contributed by atoms with E-state index in [1.165, 1.54) is 0 Å². The van der Waals surface area contributed by atoms with Crippen molar-refractivity contribution in [2.24, 2.45) is 0 Å². The Balaban J connectivity index is 2.20. The number of carboxylic acids is 1. The summed E-state index contributed by atoms with van der Waals surface area (Å²) in [4.78, 5) is 11.1. The maximum Gasteiger partial charge on any atom is 0.324 e. The molecule has 0 spiro atoms. The Labute approximate surface area is 111 Å². The molecule has 1 aliphatic rings. The third-order valence-electron chi connectivity index (χ3n) is 2.91. The SMILES string of the molecule is O=C(O)C1COCCN1S(=O)(=O)Cc1ccccc1. The van der Waals surface area contributed by atoms with Gasteiger partial charge in [-0.15, -0.1) is 0 Å². The largest absolute Gasteiger partial charge is 0.480 e. The number of carboxylic acid groups (broad SMARTS) is 1. The Morgan fingerprint density at radius 3 is 2.68 bits per heavy atom. The zero-order valence-electron chi connectivity index (χ0n) is 10.2. The molecule has 1 aromatic carbocycles. The van der Waals surface area contributed by atoms with Gasteiger partial charge < -0.3 is 9.84 Å². The summed E-state index contributed by atoms with van der Waals surface area (Å²) in [5.74, 6) is -1.38. The van der Waals surface area contributed by atoms with Crippen LogP contribution in [-0.2, 0) is 25.3 Å². The van der Waals surface area contributed by atoms with Crippen molar-refractivity contribution >= 4 is 16.0 Å². The molecule has 19 heavy (non-hydrogen) atoms. The first-order valence-corrected chi connectivity index (χ1v) is 7.45. The van der Waals surface area contributed by atoms with Crippen molar-refractivity contribution in [3.8, 4) is 0 Å². The topological polar surface area (TPSA) is 83.9 Å². The van der Waals surface area contributed by atoms with Gasteiger partial charge in [-0.3, -0.25) is 4.79 Å². The lowest BCUT2D eigenvalue weighted by atomic mass is 10.2. The molecule has 1 atom stereocenters. The van der Waals surface area contributed by atoms with E-state index in [9.17, 15) is 13.2 Å². The second-order valence-electron chi connectivity index (χ2n) is 4.28. The minimum absolute atomic E-state index is 0.0755. The monoisotopic (exact) mass is 285 g/mol. The van der Waals surface area contributed by atoms with E-state index < -0.39 is 22.0 Å². The molecule has 1 saturated heterocycles. The van der Waals surface area contributed by atoms with Crippen LogP contribution in [0.4, 0.5) is 0 Å². The number of hydrogen-bond donors (Lipinski definition) is 1. The van der Waals surface area contributed by atoms with Crippen molar-refractivity contribution in [2.75, 3.05) is 19.8 Å². The average Bonchev–Trinajstić information content (AvgIpc) is 2.39. The Kier molecular flexibility index (Phi) is 4.18. The molecule has 1 aliphatic heterocycles. The van der Waals surface area contributed by atoms with Crippen LogP contribution in [0.5, 0.6) is 0 Å². The van der Waals surface area contributed by atoms with Crippen molar-refractivity contribution in [1.29, 1.82) is 0 Å². The van der Waals surface area contributed by atoms with Crippen LogP contribution in [0.1, 0.15) is 5.56 Å². The molecule has 0 aliphatic carbocycles. The summed E-state index contributed by atoms with van der Waals surface area (Å²) in [5, 5.41) is 9.05. The molecular formula is C12H15NO5S. The second-order valence-corrected chi connectivity index (χ2v) is 6.20. The molecule has 0 radical (unpaired) electrons. The maximum absolute atomic E-state index is 12.3. The van der Waals surface area contributed by atoms with Gasteiger partial charge in [-0.05, 0) is 5.56 Å². The molecule has 0 amide bonds. The molecule has 1 fully saturated rings. The van der Waals surface area contributed by atoms with Crippen LogP contribution in [0.3, 0.4) is 0 Å². The van der Waals surface area contributed by atoms with E-state index in [-0.39, 0.29) is 25.5 Å². The average molecular weight is 285 g/mol. The number of benzene rings is 1. The first kappa shape index (κ1) is 14.0. The van der Waals surface area contributed by atoms with Crippen molar-refractivity contribution in [1.82, 2.24) is 4.31 Å². The molecular weight excluding hydrogens is 270 g/mol. The molecule has 6 nitrogen and oxygen atoms in total.